The van der Waals surface area contributed by atoms with E-state index in [0.29, 0.717) is 15.9 Å². The Bertz CT molecular complexity index is 779. The Morgan fingerprint density at radius 2 is 2.04 bits per heavy atom. The monoisotopic (exact) mass is 361 g/mol. The molecule has 1 amide bonds. The molecule has 1 heterocycles. The summed E-state index contributed by atoms with van der Waals surface area (Å²) in [6.45, 7) is 3.99. The number of anilines is 1. The van der Waals surface area contributed by atoms with Gasteiger partial charge in [-0.05, 0) is 62.8 Å². The lowest BCUT2D eigenvalue weighted by atomic mass is 9.95. The lowest BCUT2D eigenvalue weighted by Crippen LogP contribution is -2.15. The Hall–Kier alpha value is -1.59. The molecule has 1 aliphatic rings. The summed E-state index contributed by atoms with van der Waals surface area (Å²) in [7, 11) is 0. The van der Waals surface area contributed by atoms with Gasteiger partial charge in [0.1, 0.15) is 0 Å². The maximum atomic E-state index is 12.2. The number of aryl methyl sites for hydroxylation is 3. The van der Waals surface area contributed by atoms with Gasteiger partial charge in [0.25, 0.3) is 0 Å². The van der Waals surface area contributed by atoms with Crippen molar-refractivity contribution in [2.75, 3.05) is 11.1 Å². The largest absolute Gasteiger partial charge is 0.324 e. The molecule has 0 saturated carbocycles. The van der Waals surface area contributed by atoms with Gasteiger partial charge in [-0.2, -0.15) is 0 Å². The van der Waals surface area contributed by atoms with Gasteiger partial charge < -0.3 is 5.32 Å². The Kier molecular flexibility index (Phi) is 5.41. The number of nitrogens with zero attached hydrogens (tertiary/aromatic N) is 2. The van der Waals surface area contributed by atoms with E-state index >= 15 is 0 Å². The Morgan fingerprint density at radius 3 is 2.83 bits per heavy atom. The number of nitrogens with one attached hydrogen (secondary N) is 1. The molecule has 0 unspecified atom stereocenters. The number of rotatable bonds is 4. The molecule has 3 rings (SSSR count). The van der Waals surface area contributed by atoms with E-state index in [1.165, 1.54) is 30.2 Å². The first kappa shape index (κ1) is 17.2. The summed E-state index contributed by atoms with van der Waals surface area (Å²) in [5, 5.41) is 4.07. The van der Waals surface area contributed by atoms with Crippen molar-refractivity contribution in [1.82, 2.24) is 9.97 Å². The molecule has 0 spiro atoms. The van der Waals surface area contributed by atoms with E-state index in [9.17, 15) is 4.79 Å². The van der Waals surface area contributed by atoms with Crippen molar-refractivity contribution in [2.24, 2.45) is 0 Å². The van der Waals surface area contributed by atoms with Gasteiger partial charge in [0, 0.05) is 11.4 Å². The molecule has 4 nitrogen and oxygen atoms in total. The Morgan fingerprint density at radius 1 is 1.25 bits per heavy atom. The third-order valence-corrected chi connectivity index (χ3v) is 5.26. The Labute approximate surface area is 151 Å². The molecule has 1 aromatic heterocycles. The summed E-state index contributed by atoms with van der Waals surface area (Å²) >= 11 is 7.51. The number of benzene rings is 1. The van der Waals surface area contributed by atoms with Gasteiger partial charge in [-0.1, -0.05) is 29.4 Å². The topological polar surface area (TPSA) is 54.9 Å². The predicted octanol–water partition coefficient (Wildman–Crippen LogP) is 4.36. The van der Waals surface area contributed by atoms with Crippen LogP contribution in [0.3, 0.4) is 0 Å². The number of amides is 1. The van der Waals surface area contributed by atoms with Crippen LogP contribution in [0.2, 0.25) is 5.02 Å². The number of carbonyl (C=O) groups is 1. The molecule has 0 radical (unpaired) electrons. The van der Waals surface area contributed by atoms with Crippen LogP contribution in [0, 0.1) is 13.8 Å². The molecule has 1 aromatic carbocycles. The van der Waals surface area contributed by atoms with E-state index in [4.69, 9.17) is 11.6 Å². The lowest BCUT2D eigenvalue weighted by molar-refractivity contribution is -0.113. The quantitative estimate of drug-likeness (QED) is 0.649. The smallest absolute Gasteiger partial charge is 0.234 e. The zero-order valence-corrected chi connectivity index (χ0v) is 15.4. The SMILES string of the molecule is Cc1ccc(NC(=O)CSc2nc(C)c3c(n2)CCCC3)c(Cl)c1. The molecule has 24 heavy (non-hydrogen) atoms. The fourth-order valence-corrected chi connectivity index (χ4v) is 3.85. The molecular weight excluding hydrogens is 342 g/mol. The van der Waals surface area contributed by atoms with Crippen LogP contribution < -0.4 is 5.32 Å². The summed E-state index contributed by atoms with van der Waals surface area (Å²) in [5.74, 6) is 0.160. The predicted molar refractivity (Wildman–Crippen MR) is 99.0 cm³/mol. The zero-order chi connectivity index (χ0) is 17.1. The van der Waals surface area contributed by atoms with Gasteiger partial charge in [0.05, 0.1) is 16.5 Å². The number of halogens is 1. The molecule has 0 bridgehead atoms. The van der Waals surface area contributed by atoms with Crippen molar-refractivity contribution in [3.63, 3.8) is 0 Å². The maximum Gasteiger partial charge on any atom is 0.234 e. The average molecular weight is 362 g/mol. The molecule has 0 fully saturated rings. The maximum absolute atomic E-state index is 12.2. The fraction of sp³-hybridized carbons (Fsp3) is 0.389. The summed E-state index contributed by atoms with van der Waals surface area (Å²) in [6.07, 6.45) is 4.47. The third-order valence-electron chi connectivity index (χ3n) is 4.10. The first-order valence-corrected chi connectivity index (χ1v) is 9.44. The van der Waals surface area contributed by atoms with E-state index in [2.05, 4.69) is 15.3 Å². The number of carbonyl (C=O) groups excluding carboxylic acids is 1. The van der Waals surface area contributed by atoms with Gasteiger partial charge in [-0.25, -0.2) is 9.97 Å². The van der Waals surface area contributed by atoms with E-state index < -0.39 is 0 Å². The summed E-state index contributed by atoms with van der Waals surface area (Å²) in [6, 6.07) is 5.57. The number of hydrogen-bond acceptors (Lipinski definition) is 4. The van der Waals surface area contributed by atoms with Crippen molar-refractivity contribution in [3.05, 3.63) is 45.7 Å². The van der Waals surface area contributed by atoms with Gasteiger partial charge in [0.2, 0.25) is 5.91 Å². The highest BCUT2D eigenvalue weighted by atomic mass is 35.5. The van der Waals surface area contributed by atoms with E-state index in [0.717, 1.165) is 29.8 Å². The summed E-state index contributed by atoms with van der Waals surface area (Å²) in [4.78, 5) is 21.3. The number of fused-ring (bicyclic) bond motifs is 1. The van der Waals surface area contributed by atoms with Crippen molar-refractivity contribution < 1.29 is 4.79 Å². The zero-order valence-electron chi connectivity index (χ0n) is 13.9. The standard InChI is InChI=1S/C18H20ClN3OS/c1-11-7-8-16(14(19)9-11)21-17(23)10-24-18-20-12(2)13-5-3-4-6-15(13)22-18/h7-9H,3-6,10H2,1-2H3,(H,21,23). The molecule has 2 aromatic rings. The molecule has 6 heteroatoms. The normalized spacial score (nSPS) is 13.5. The van der Waals surface area contributed by atoms with Gasteiger partial charge >= 0.3 is 0 Å². The van der Waals surface area contributed by atoms with Crippen molar-refractivity contribution in [3.8, 4) is 0 Å². The second-order valence-corrected chi connectivity index (χ2v) is 7.39. The minimum atomic E-state index is -0.107. The highest BCUT2D eigenvalue weighted by molar-refractivity contribution is 7.99. The van der Waals surface area contributed by atoms with E-state index in [1.807, 2.05) is 32.0 Å². The molecule has 0 saturated heterocycles. The van der Waals surface area contributed by atoms with Crippen LogP contribution in [-0.4, -0.2) is 21.6 Å². The minimum Gasteiger partial charge on any atom is -0.324 e. The van der Waals surface area contributed by atoms with Crippen LogP contribution in [0.5, 0.6) is 0 Å². The second-order valence-electron chi connectivity index (χ2n) is 6.04. The van der Waals surface area contributed by atoms with Crippen molar-refractivity contribution >= 4 is 35.0 Å². The average Bonchev–Trinajstić information content (AvgIpc) is 2.56. The summed E-state index contributed by atoms with van der Waals surface area (Å²) in [5.41, 5.74) is 5.18. The van der Waals surface area contributed by atoms with Crippen LogP contribution in [-0.2, 0) is 17.6 Å². The van der Waals surface area contributed by atoms with E-state index in [1.54, 1.807) is 0 Å². The molecule has 0 aliphatic heterocycles. The molecule has 1 N–H and O–H groups in total. The second kappa shape index (κ2) is 7.53. The number of hydrogen-bond donors (Lipinski definition) is 1. The highest BCUT2D eigenvalue weighted by Crippen LogP contribution is 2.26. The van der Waals surface area contributed by atoms with Crippen LogP contribution in [0.4, 0.5) is 5.69 Å². The number of thioether (sulfide) groups is 1. The first-order valence-electron chi connectivity index (χ1n) is 8.08. The van der Waals surface area contributed by atoms with Crippen LogP contribution >= 0.6 is 23.4 Å². The van der Waals surface area contributed by atoms with Crippen molar-refractivity contribution in [1.29, 1.82) is 0 Å². The number of aromatic nitrogens is 2. The first-order chi connectivity index (χ1) is 11.5. The van der Waals surface area contributed by atoms with E-state index in [-0.39, 0.29) is 11.7 Å². The molecule has 0 atom stereocenters. The highest BCUT2D eigenvalue weighted by Gasteiger charge is 2.16. The fourth-order valence-electron chi connectivity index (χ4n) is 2.86. The van der Waals surface area contributed by atoms with Crippen molar-refractivity contribution in [2.45, 2.75) is 44.7 Å². The van der Waals surface area contributed by atoms with Gasteiger partial charge in [-0.15, -0.1) is 0 Å². The van der Waals surface area contributed by atoms with Crippen LogP contribution in [0.25, 0.3) is 0 Å². The van der Waals surface area contributed by atoms with Crippen LogP contribution in [0.1, 0.15) is 35.4 Å². The summed E-state index contributed by atoms with van der Waals surface area (Å²) < 4.78 is 0. The molecule has 1 aliphatic carbocycles. The lowest BCUT2D eigenvalue weighted by Gasteiger charge is -2.17. The van der Waals surface area contributed by atoms with Crippen LogP contribution in [0.15, 0.2) is 23.4 Å². The minimum absolute atomic E-state index is 0.107. The third kappa shape index (κ3) is 4.08. The molecule has 126 valence electrons. The van der Waals surface area contributed by atoms with Gasteiger partial charge in [0.15, 0.2) is 5.16 Å². The van der Waals surface area contributed by atoms with Gasteiger partial charge in [-0.3, -0.25) is 4.79 Å². The molecular formula is C18H20ClN3OS. The Balaban J connectivity index is 1.63.